The van der Waals surface area contributed by atoms with Crippen LogP contribution < -0.4 is 0 Å². The summed E-state index contributed by atoms with van der Waals surface area (Å²) < 4.78 is 28.9. The first-order valence-electron chi connectivity index (χ1n) is 4.92. The molecule has 84 valence electrons. The predicted octanol–water partition coefficient (Wildman–Crippen LogP) is 2.87. The minimum atomic E-state index is -2.44. The summed E-state index contributed by atoms with van der Waals surface area (Å²) in [4.78, 5) is 11.3. The van der Waals surface area contributed by atoms with Crippen LogP contribution in [0.5, 0.6) is 0 Å². The average molecular weight is 208 g/mol. The van der Waals surface area contributed by atoms with Gasteiger partial charge in [0.05, 0.1) is 12.5 Å². The largest absolute Gasteiger partial charge is 0.465 e. The van der Waals surface area contributed by atoms with E-state index in [4.69, 9.17) is 4.74 Å². The molecule has 0 aliphatic carbocycles. The second-order valence-electron chi connectivity index (χ2n) is 3.76. The van der Waals surface area contributed by atoms with Gasteiger partial charge in [-0.3, -0.25) is 4.79 Å². The van der Waals surface area contributed by atoms with Gasteiger partial charge >= 0.3 is 5.97 Å². The molecule has 0 aliphatic rings. The van der Waals surface area contributed by atoms with Crippen LogP contribution in [0.2, 0.25) is 0 Å². The van der Waals surface area contributed by atoms with Crippen molar-refractivity contribution in [2.24, 2.45) is 11.8 Å². The van der Waals surface area contributed by atoms with Crippen molar-refractivity contribution in [3.63, 3.8) is 0 Å². The molecule has 14 heavy (non-hydrogen) atoms. The van der Waals surface area contributed by atoms with Crippen LogP contribution in [-0.4, -0.2) is 19.0 Å². The van der Waals surface area contributed by atoms with Gasteiger partial charge in [0.2, 0.25) is 6.43 Å². The zero-order valence-electron chi connectivity index (χ0n) is 8.93. The van der Waals surface area contributed by atoms with E-state index in [0.717, 1.165) is 0 Å². The third kappa shape index (κ3) is 5.89. The average Bonchev–Trinajstić information content (AvgIpc) is 2.09. The summed E-state index contributed by atoms with van der Waals surface area (Å²) in [6.45, 7) is 5.82. The molecule has 0 amide bonds. The lowest BCUT2D eigenvalue weighted by Crippen LogP contribution is -2.21. The Morgan fingerprint density at radius 1 is 1.36 bits per heavy atom. The number of rotatable bonds is 6. The van der Waals surface area contributed by atoms with Crippen molar-refractivity contribution in [3.8, 4) is 0 Å². The highest BCUT2D eigenvalue weighted by molar-refractivity contribution is 5.72. The number of carbonyl (C=O) groups is 1. The van der Waals surface area contributed by atoms with E-state index in [0.29, 0.717) is 13.0 Å². The molecule has 0 spiro atoms. The second-order valence-corrected chi connectivity index (χ2v) is 3.76. The number of halogens is 2. The lowest BCUT2D eigenvalue weighted by Gasteiger charge is -2.14. The standard InChI is InChI=1S/C10H18F2O2/c1-4-8(5-9(11)12)10(13)14-6-7(2)3/h7-9H,4-6H2,1-3H3. The topological polar surface area (TPSA) is 26.3 Å². The summed E-state index contributed by atoms with van der Waals surface area (Å²) in [6.07, 6.45) is -2.43. The molecule has 2 nitrogen and oxygen atoms in total. The second kappa shape index (κ2) is 6.74. The van der Waals surface area contributed by atoms with Crippen molar-refractivity contribution in [1.82, 2.24) is 0 Å². The van der Waals surface area contributed by atoms with E-state index >= 15 is 0 Å². The molecule has 0 aliphatic heterocycles. The van der Waals surface area contributed by atoms with E-state index in [1.807, 2.05) is 13.8 Å². The highest BCUT2D eigenvalue weighted by atomic mass is 19.3. The Kier molecular flexibility index (Phi) is 6.41. The molecule has 1 unspecified atom stereocenters. The fourth-order valence-corrected chi connectivity index (χ4v) is 1.01. The Morgan fingerprint density at radius 3 is 2.29 bits per heavy atom. The summed E-state index contributed by atoms with van der Waals surface area (Å²) in [5.74, 6) is -0.918. The van der Waals surface area contributed by atoms with Crippen molar-refractivity contribution in [2.45, 2.75) is 40.0 Å². The number of alkyl halides is 2. The maximum Gasteiger partial charge on any atom is 0.309 e. The first-order valence-corrected chi connectivity index (χ1v) is 4.92. The number of carbonyl (C=O) groups excluding carboxylic acids is 1. The minimum Gasteiger partial charge on any atom is -0.465 e. The Balaban J connectivity index is 3.92. The molecule has 0 N–H and O–H groups in total. The van der Waals surface area contributed by atoms with Crippen molar-refractivity contribution >= 4 is 5.97 Å². The van der Waals surface area contributed by atoms with Crippen LogP contribution in [0, 0.1) is 11.8 Å². The number of ether oxygens (including phenoxy) is 1. The molecule has 0 bridgehead atoms. The molecular formula is C10H18F2O2. The van der Waals surface area contributed by atoms with Crippen molar-refractivity contribution < 1.29 is 18.3 Å². The van der Waals surface area contributed by atoms with E-state index in [-0.39, 0.29) is 5.92 Å². The number of hydrogen-bond acceptors (Lipinski definition) is 2. The van der Waals surface area contributed by atoms with Crippen LogP contribution >= 0.6 is 0 Å². The Hall–Kier alpha value is -0.670. The van der Waals surface area contributed by atoms with E-state index in [2.05, 4.69) is 0 Å². The maximum absolute atomic E-state index is 12.0. The van der Waals surface area contributed by atoms with Crippen molar-refractivity contribution in [1.29, 1.82) is 0 Å². The van der Waals surface area contributed by atoms with Gasteiger partial charge in [0, 0.05) is 6.42 Å². The Morgan fingerprint density at radius 2 is 1.93 bits per heavy atom. The molecule has 4 heteroatoms. The quantitative estimate of drug-likeness (QED) is 0.627. The Labute approximate surface area is 83.6 Å². The molecule has 0 rings (SSSR count). The minimum absolute atomic E-state index is 0.239. The molecule has 0 heterocycles. The summed E-state index contributed by atoms with van der Waals surface area (Å²) in [6, 6.07) is 0. The maximum atomic E-state index is 12.0. The van der Waals surface area contributed by atoms with E-state index in [1.165, 1.54) is 0 Å². The number of esters is 1. The smallest absolute Gasteiger partial charge is 0.309 e. The summed E-state index contributed by atoms with van der Waals surface area (Å²) in [5, 5.41) is 0. The van der Waals surface area contributed by atoms with Crippen molar-refractivity contribution in [3.05, 3.63) is 0 Å². The zero-order chi connectivity index (χ0) is 11.1. The van der Waals surface area contributed by atoms with E-state index in [9.17, 15) is 13.6 Å². The molecule has 0 saturated carbocycles. The van der Waals surface area contributed by atoms with Crippen LogP contribution in [0.15, 0.2) is 0 Å². The van der Waals surface area contributed by atoms with Gasteiger partial charge in [-0.15, -0.1) is 0 Å². The third-order valence-electron chi connectivity index (χ3n) is 1.85. The van der Waals surface area contributed by atoms with Gasteiger partial charge in [0.1, 0.15) is 0 Å². The third-order valence-corrected chi connectivity index (χ3v) is 1.85. The molecule has 0 radical (unpaired) electrons. The SMILES string of the molecule is CCC(CC(F)F)C(=O)OCC(C)C. The lowest BCUT2D eigenvalue weighted by molar-refractivity contribution is -0.151. The van der Waals surface area contributed by atoms with Gasteiger partial charge in [-0.1, -0.05) is 20.8 Å². The van der Waals surface area contributed by atoms with Crippen LogP contribution in [0.25, 0.3) is 0 Å². The normalized spacial score (nSPS) is 13.4. The van der Waals surface area contributed by atoms with Gasteiger partial charge < -0.3 is 4.74 Å². The lowest BCUT2D eigenvalue weighted by atomic mass is 10.0. The first kappa shape index (κ1) is 13.3. The molecule has 0 aromatic carbocycles. The van der Waals surface area contributed by atoms with Gasteiger partial charge in [-0.25, -0.2) is 8.78 Å². The number of hydrogen-bond donors (Lipinski definition) is 0. The highest BCUT2D eigenvalue weighted by Gasteiger charge is 2.22. The van der Waals surface area contributed by atoms with Gasteiger partial charge in [-0.2, -0.15) is 0 Å². The zero-order valence-corrected chi connectivity index (χ0v) is 8.93. The molecule has 0 saturated heterocycles. The molecule has 1 atom stereocenters. The van der Waals surface area contributed by atoms with Gasteiger partial charge in [-0.05, 0) is 12.3 Å². The summed E-state index contributed by atoms with van der Waals surface area (Å²) >= 11 is 0. The van der Waals surface area contributed by atoms with Gasteiger partial charge in [0.15, 0.2) is 0 Å². The van der Waals surface area contributed by atoms with Crippen LogP contribution in [0.4, 0.5) is 8.78 Å². The van der Waals surface area contributed by atoms with Crippen LogP contribution in [0.1, 0.15) is 33.6 Å². The van der Waals surface area contributed by atoms with E-state index < -0.39 is 24.7 Å². The predicted molar refractivity (Wildman–Crippen MR) is 50.2 cm³/mol. The summed E-state index contributed by atoms with van der Waals surface area (Å²) in [7, 11) is 0. The molecule has 0 fully saturated rings. The van der Waals surface area contributed by atoms with Crippen LogP contribution in [-0.2, 0) is 9.53 Å². The van der Waals surface area contributed by atoms with Crippen molar-refractivity contribution in [2.75, 3.05) is 6.61 Å². The van der Waals surface area contributed by atoms with E-state index in [1.54, 1.807) is 6.92 Å². The fourth-order valence-electron chi connectivity index (χ4n) is 1.01. The highest BCUT2D eigenvalue weighted by Crippen LogP contribution is 2.16. The van der Waals surface area contributed by atoms with Crippen LogP contribution in [0.3, 0.4) is 0 Å². The van der Waals surface area contributed by atoms with Gasteiger partial charge in [0.25, 0.3) is 0 Å². The first-order chi connectivity index (χ1) is 6.47. The molecule has 0 aromatic rings. The Bertz CT molecular complexity index is 170. The monoisotopic (exact) mass is 208 g/mol. The summed E-state index contributed by atoms with van der Waals surface area (Å²) in [5.41, 5.74) is 0. The fraction of sp³-hybridized carbons (Fsp3) is 0.900. The molecule has 0 aromatic heterocycles. The molecular weight excluding hydrogens is 190 g/mol.